The van der Waals surface area contributed by atoms with Gasteiger partial charge in [-0.1, -0.05) is 12.1 Å². The van der Waals surface area contributed by atoms with Gasteiger partial charge >= 0.3 is 88.1 Å². The Morgan fingerprint density at radius 3 is 2.26 bits per heavy atom. The van der Waals surface area contributed by atoms with Gasteiger partial charge in [0.1, 0.15) is 5.82 Å². The third-order valence-electron chi connectivity index (χ3n) is 3.68. The molecular formula is C20H20AsFN2O7. The number of ether oxygens (including phenoxy) is 1. The molecule has 0 aliphatic heterocycles. The topological polar surface area (TPSA) is 162 Å². The van der Waals surface area contributed by atoms with Gasteiger partial charge in [0.2, 0.25) is 0 Å². The Morgan fingerprint density at radius 1 is 1.00 bits per heavy atom. The number of hydrogen-bond donors (Lipinski definition) is 6. The molecular weight excluding hydrogens is 474 g/mol. The second-order valence-electron chi connectivity index (χ2n) is 6.18. The summed E-state index contributed by atoms with van der Waals surface area (Å²) in [4.78, 5) is 10.7. The van der Waals surface area contributed by atoms with Crippen LogP contribution in [0.2, 0.25) is 0 Å². The molecule has 0 spiro atoms. The van der Waals surface area contributed by atoms with Crippen LogP contribution in [0.25, 0.3) is 0 Å². The largest absolute Gasteiger partial charge is 0.504 e. The molecule has 0 saturated heterocycles. The molecule has 7 N–H and O–H groups in total. The number of benzene rings is 3. The SMILES string of the molecule is CC(=O)Nc1cc([As](=O)(O)O)ccc1O.Nc1cc(F)ccc1Oc1ccccc1O. The number of aromatic hydroxyl groups is 2. The first kappa shape index (κ1) is 23.8. The number of hydrogen-bond acceptors (Lipinski definition) is 6. The minimum absolute atomic E-state index is 0.00576. The number of para-hydroxylation sites is 2. The Hall–Kier alpha value is -3.46. The first-order chi connectivity index (χ1) is 14.5. The van der Waals surface area contributed by atoms with Gasteiger partial charge in [0.05, 0.1) is 5.69 Å². The minimum atomic E-state index is -4.98. The van der Waals surface area contributed by atoms with Crippen LogP contribution < -0.4 is 20.1 Å². The van der Waals surface area contributed by atoms with E-state index in [1.54, 1.807) is 18.2 Å². The van der Waals surface area contributed by atoms with E-state index in [9.17, 15) is 23.1 Å². The fraction of sp³-hybridized carbons (Fsp3) is 0.0500. The van der Waals surface area contributed by atoms with Crippen molar-refractivity contribution in [3.63, 3.8) is 0 Å². The molecule has 0 unspecified atom stereocenters. The number of rotatable bonds is 4. The first-order valence-electron chi connectivity index (χ1n) is 8.65. The second-order valence-corrected chi connectivity index (χ2v) is 9.54. The summed E-state index contributed by atoms with van der Waals surface area (Å²) < 4.78 is 46.7. The van der Waals surface area contributed by atoms with Crippen molar-refractivity contribution in [2.24, 2.45) is 0 Å². The van der Waals surface area contributed by atoms with Crippen molar-refractivity contribution in [2.45, 2.75) is 6.92 Å². The standard InChI is InChI=1S/C12H10FNO2.C8H10AsNO5/c13-8-5-6-11(9(14)7-8)16-12-4-2-1-3-10(12)15;1-5(11)10-7-4-6(9(13,14)15)2-3-8(7)12/h1-7,15H,14H2;2-4,12H,1H3,(H,10,11)(H2,13,14,15). The number of carbonyl (C=O) groups is 1. The summed E-state index contributed by atoms with van der Waals surface area (Å²) in [6.45, 7) is 1.23. The minimum Gasteiger partial charge on any atom is -0.504 e. The van der Waals surface area contributed by atoms with Gasteiger partial charge in [-0.3, -0.25) is 0 Å². The predicted molar refractivity (Wildman–Crippen MR) is 112 cm³/mol. The zero-order chi connectivity index (χ0) is 23.2. The molecule has 1 amide bonds. The second kappa shape index (κ2) is 10.0. The molecule has 11 heteroatoms. The number of carbonyl (C=O) groups excluding carboxylic acids is 1. The van der Waals surface area contributed by atoms with Gasteiger partial charge in [0.25, 0.3) is 0 Å². The number of nitrogen functional groups attached to an aromatic ring is 1. The third kappa shape index (κ3) is 7.07. The maximum atomic E-state index is 12.8. The summed E-state index contributed by atoms with van der Waals surface area (Å²) in [5, 5.41) is 21.0. The Balaban J connectivity index is 0.000000221. The van der Waals surface area contributed by atoms with Crippen molar-refractivity contribution in [3.05, 3.63) is 66.5 Å². The maximum absolute atomic E-state index is 12.8. The molecule has 3 rings (SSSR count). The number of anilines is 2. The van der Waals surface area contributed by atoms with E-state index in [4.69, 9.17) is 18.7 Å². The van der Waals surface area contributed by atoms with E-state index in [1.165, 1.54) is 25.1 Å². The molecule has 0 atom stereocenters. The van der Waals surface area contributed by atoms with E-state index >= 15 is 0 Å². The summed E-state index contributed by atoms with van der Waals surface area (Å²) in [6.07, 6.45) is 0. The summed E-state index contributed by atoms with van der Waals surface area (Å²) in [5.74, 6) is -0.504. The molecule has 3 aromatic rings. The number of amides is 1. The summed E-state index contributed by atoms with van der Waals surface area (Å²) in [5.41, 5.74) is 5.75. The molecule has 0 aromatic heterocycles. The average Bonchev–Trinajstić information content (AvgIpc) is 2.67. The molecule has 31 heavy (non-hydrogen) atoms. The normalized spacial score (nSPS) is 10.6. The molecule has 0 bridgehead atoms. The molecule has 0 fully saturated rings. The van der Waals surface area contributed by atoms with Gasteiger partial charge in [0, 0.05) is 6.07 Å². The van der Waals surface area contributed by atoms with Crippen LogP contribution in [0.1, 0.15) is 6.92 Å². The fourth-order valence-electron chi connectivity index (χ4n) is 2.27. The van der Waals surface area contributed by atoms with E-state index in [2.05, 4.69) is 5.32 Å². The van der Waals surface area contributed by atoms with Crippen LogP contribution in [0.5, 0.6) is 23.0 Å². The van der Waals surface area contributed by atoms with Crippen molar-refractivity contribution in [1.82, 2.24) is 0 Å². The Labute approximate surface area is 179 Å². The molecule has 0 aliphatic rings. The van der Waals surface area contributed by atoms with Crippen molar-refractivity contribution < 1.29 is 36.1 Å². The van der Waals surface area contributed by atoms with Gasteiger partial charge in [-0.25, -0.2) is 4.39 Å². The monoisotopic (exact) mass is 494 g/mol. The van der Waals surface area contributed by atoms with Crippen molar-refractivity contribution in [2.75, 3.05) is 11.1 Å². The summed E-state index contributed by atoms with van der Waals surface area (Å²) >= 11 is -4.98. The molecule has 0 radical (unpaired) electrons. The van der Waals surface area contributed by atoms with Gasteiger partial charge in [0.15, 0.2) is 17.2 Å². The van der Waals surface area contributed by atoms with Gasteiger partial charge < -0.3 is 15.6 Å². The van der Waals surface area contributed by atoms with Crippen LogP contribution in [0.4, 0.5) is 15.8 Å². The molecule has 9 nitrogen and oxygen atoms in total. The maximum Gasteiger partial charge on any atom is 0.169 e. The third-order valence-corrected chi connectivity index (χ3v) is 5.68. The van der Waals surface area contributed by atoms with Gasteiger partial charge in [-0.15, -0.1) is 0 Å². The van der Waals surface area contributed by atoms with Crippen LogP contribution >= 0.6 is 0 Å². The van der Waals surface area contributed by atoms with E-state index in [-0.39, 0.29) is 33.0 Å². The summed E-state index contributed by atoms with van der Waals surface area (Å²) in [6, 6.07) is 13.6. The van der Waals surface area contributed by atoms with Crippen LogP contribution in [0, 0.1) is 5.82 Å². The number of nitrogens with two attached hydrogens (primary N) is 1. The quantitative estimate of drug-likeness (QED) is 0.182. The van der Waals surface area contributed by atoms with Gasteiger partial charge in [-0.05, 0) is 24.3 Å². The van der Waals surface area contributed by atoms with Crippen molar-refractivity contribution in [1.29, 1.82) is 0 Å². The summed E-state index contributed by atoms with van der Waals surface area (Å²) in [7, 11) is 0. The number of nitrogens with one attached hydrogen (secondary N) is 1. The van der Waals surface area contributed by atoms with Crippen LogP contribution in [-0.4, -0.2) is 38.5 Å². The zero-order valence-electron chi connectivity index (χ0n) is 16.2. The number of halogens is 1. The van der Waals surface area contributed by atoms with Crippen molar-refractivity contribution >= 4 is 35.8 Å². The predicted octanol–water partition coefficient (Wildman–Crippen LogP) is 1.82. The molecule has 164 valence electrons. The molecule has 0 heterocycles. The number of phenolic OH excluding ortho intramolecular Hbond substituents is 2. The van der Waals surface area contributed by atoms with E-state index < -0.39 is 25.9 Å². The van der Waals surface area contributed by atoms with Crippen LogP contribution in [0.3, 0.4) is 0 Å². The van der Waals surface area contributed by atoms with Gasteiger partial charge in [-0.2, -0.15) is 0 Å². The van der Waals surface area contributed by atoms with Crippen molar-refractivity contribution in [3.8, 4) is 23.0 Å². The zero-order valence-corrected chi connectivity index (χ0v) is 18.1. The first-order valence-corrected chi connectivity index (χ1v) is 12.0. The molecule has 0 saturated carbocycles. The van der Waals surface area contributed by atoms with E-state index in [1.807, 2.05) is 0 Å². The Kier molecular flexibility index (Phi) is 7.71. The molecule has 0 aliphatic carbocycles. The van der Waals surface area contributed by atoms with Crippen LogP contribution in [0.15, 0.2) is 60.7 Å². The fourth-order valence-corrected chi connectivity index (χ4v) is 3.46. The van der Waals surface area contributed by atoms with E-state index in [0.717, 1.165) is 24.3 Å². The Bertz CT molecular complexity index is 1130. The number of phenols is 2. The molecule has 3 aromatic carbocycles. The van der Waals surface area contributed by atoms with Crippen LogP contribution in [-0.2, 0) is 8.53 Å². The average molecular weight is 494 g/mol. The smallest absolute Gasteiger partial charge is 0.169 e. The van der Waals surface area contributed by atoms with E-state index in [0.29, 0.717) is 5.75 Å². The Morgan fingerprint density at radius 2 is 1.68 bits per heavy atom.